The predicted octanol–water partition coefficient (Wildman–Crippen LogP) is 3.33. The second kappa shape index (κ2) is 5.13. The van der Waals surface area contributed by atoms with Crippen LogP contribution in [0.4, 0.5) is 4.79 Å². The van der Waals surface area contributed by atoms with Gasteiger partial charge in [-0.05, 0) is 44.0 Å². The Morgan fingerprint density at radius 3 is 1.92 bits per heavy atom. The molecule has 0 radical (unpaired) electrons. The first kappa shape index (κ1) is 14.6. The van der Waals surface area contributed by atoms with Crippen molar-refractivity contribution in [2.45, 2.75) is 0 Å². The highest BCUT2D eigenvalue weighted by Crippen LogP contribution is 2.36. The number of carbonyl (C=O) groups excluding carboxylic acids is 3. The molecule has 2 N–H and O–H groups in total. The Morgan fingerprint density at radius 1 is 0.654 bits per heavy atom. The monoisotopic (exact) mass is 340 g/mol. The molecule has 0 bridgehead atoms. The number of nitrogens with one attached hydrogen (secondary N) is 2. The van der Waals surface area contributed by atoms with Gasteiger partial charge in [0.2, 0.25) is 0 Å². The van der Waals surface area contributed by atoms with E-state index in [-0.39, 0.29) is 5.57 Å². The topological polar surface area (TPSA) is 75.3 Å². The zero-order valence-electron chi connectivity index (χ0n) is 13.5. The van der Waals surface area contributed by atoms with E-state index in [2.05, 4.69) is 34.9 Å². The van der Waals surface area contributed by atoms with Crippen LogP contribution >= 0.6 is 0 Å². The summed E-state index contributed by atoms with van der Waals surface area (Å²) in [5.74, 6) is -1.38. The van der Waals surface area contributed by atoms with E-state index in [1.54, 1.807) is 0 Å². The number of rotatable bonds is 1. The fraction of sp³-hybridized carbons (Fsp3) is 0. The molecular weight excluding hydrogens is 328 g/mol. The highest BCUT2D eigenvalue weighted by atomic mass is 16.2. The number of barbiturate groups is 1. The summed E-state index contributed by atoms with van der Waals surface area (Å²) in [7, 11) is 0. The third-order valence-corrected chi connectivity index (χ3v) is 4.81. The van der Waals surface area contributed by atoms with Crippen molar-refractivity contribution in [1.29, 1.82) is 0 Å². The minimum absolute atomic E-state index is 0.0837. The summed E-state index contributed by atoms with van der Waals surface area (Å²) in [4.78, 5) is 35.3. The lowest BCUT2D eigenvalue weighted by Crippen LogP contribution is -2.51. The molecule has 0 aliphatic carbocycles. The second-order valence-corrected chi connectivity index (χ2v) is 6.31. The summed E-state index contributed by atoms with van der Waals surface area (Å²) in [6, 6.07) is 17.4. The number of urea groups is 1. The average Bonchev–Trinajstić information content (AvgIpc) is 2.63. The molecular formula is C21H12N2O3. The molecule has 26 heavy (non-hydrogen) atoms. The van der Waals surface area contributed by atoms with Crippen molar-refractivity contribution in [2.75, 3.05) is 0 Å². The van der Waals surface area contributed by atoms with Gasteiger partial charge in [-0.15, -0.1) is 0 Å². The van der Waals surface area contributed by atoms with Crippen LogP contribution < -0.4 is 10.6 Å². The maximum absolute atomic E-state index is 12.0. The number of hydrogen-bond acceptors (Lipinski definition) is 3. The fourth-order valence-corrected chi connectivity index (χ4v) is 3.65. The molecule has 1 aliphatic heterocycles. The van der Waals surface area contributed by atoms with E-state index in [4.69, 9.17) is 0 Å². The lowest BCUT2D eigenvalue weighted by atomic mass is 9.91. The lowest BCUT2D eigenvalue weighted by molar-refractivity contribution is -0.123. The smallest absolute Gasteiger partial charge is 0.273 e. The molecule has 5 heteroatoms. The third kappa shape index (κ3) is 2.01. The van der Waals surface area contributed by atoms with Gasteiger partial charge in [0, 0.05) is 0 Å². The molecule has 1 heterocycles. The van der Waals surface area contributed by atoms with Gasteiger partial charge in [0.1, 0.15) is 5.57 Å². The Hall–Kier alpha value is -3.73. The molecule has 4 aromatic rings. The molecule has 0 atom stereocenters. The summed E-state index contributed by atoms with van der Waals surface area (Å²) in [6.07, 6.45) is 1.53. The van der Waals surface area contributed by atoms with E-state index in [1.165, 1.54) is 6.08 Å². The van der Waals surface area contributed by atoms with Crippen LogP contribution in [0.1, 0.15) is 5.56 Å². The van der Waals surface area contributed by atoms with Crippen molar-refractivity contribution in [2.24, 2.45) is 0 Å². The van der Waals surface area contributed by atoms with Crippen LogP contribution in [0.5, 0.6) is 0 Å². The van der Waals surface area contributed by atoms with Crippen molar-refractivity contribution in [3.8, 4) is 0 Å². The van der Waals surface area contributed by atoms with Gasteiger partial charge in [0.05, 0.1) is 0 Å². The Bertz CT molecular complexity index is 1250. The first-order chi connectivity index (χ1) is 12.6. The number of imide groups is 2. The summed E-state index contributed by atoms with van der Waals surface area (Å²) in [5, 5.41) is 10.8. The summed E-state index contributed by atoms with van der Waals surface area (Å²) < 4.78 is 0. The number of benzene rings is 4. The lowest BCUT2D eigenvalue weighted by Gasteiger charge is -2.15. The molecule has 0 saturated carbocycles. The van der Waals surface area contributed by atoms with Crippen LogP contribution in [0.25, 0.3) is 38.4 Å². The van der Waals surface area contributed by atoms with E-state index in [9.17, 15) is 14.4 Å². The third-order valence-electron chi connectivity index (χ3n) is 4.81. The van der Waals surface area contributed by atoms with Gasteiger partial charge in [0.15, 0.2) is 0 Å². The molecule has 0 spiro atoms. The van der Waals surface area contributed by atoms with Crippen LogP contribution in [0, 0.1) is 0 Å². The van der Waals surface area contributed by atoms with Crippen molar-refractivity contribution in [3.05, 3.63) is 65.7 Å². The molecule has 5 rings (SSSR count). The Labute approximate surface area is 147 Å². The zero-order chi connectivity index (χ0) is 17.8. The molecule has 5 nitrogen and oxygen atoms in total. The SMILES string of the molecule is O=C1NC(=O)C(=Cc2ccc3ccc4cccc5ccc2c3c45)C(=O)N1. The summed E-state index contributed by atoms with van der Waals surface area (Å²) in [6.45, 7) is 0. The van der Waals surface area contributed by atoms with E-state index in [1.807, 2.05) is 30.3 Å². The molecule has 4 aromatic carbocycles. The van der Waals surface area contributed by atoms with E-state index >= 15 is 0 Å². The quantitative estimate of drug-likeness (QED) is 0.317. The minimum Gasteiger partial charge on any atom is -0.273 e. The van der Waals surface area contributed by atoms with Gasteiger partial charge in [-0.1, -0.05) is 54.6 Å². The van der Waals surface area contributed by atoms with Crippen molar-refractivity contribution < 1.29 is 14.4 Å². The molecule has 1 saturated heterocycles. The maximum Gasteiger partial charge on any atom is 0.328 e. The van der Waals surface area contributed by atoms with Crippen molar-refractivity contribution in [3.63, 3.8) is 0 Å². The van der Waals surface area contributed by atoms with Gasteiger partial charge in [-0.3, -0.25) is 20.2 Å². The summed E-state index contributed by atoms with van der Waals surface area (Å²) >= 11 is 0. The minimum atomic E-state index is -0.799. The van der Waals surface area contributed by atoms with Crippen molar-refractivity contribution >= 4 is 56.2 Å². The first-order valence-electron chi connectivity index (χ1n) is 8.17. The van der Waals surface area contributed by atoms with Crippen LogP contribution in [-0.2, 0) is 9.59 Å². The van der Waals surface area contributed by atoms with Gasteiger partial charge in [-0.2, -0.15) is 0 Å². The largest absolute Gasteiger partial charge is 0.328 e. The molecule has 4 amide bonds. The second-order valence-electron chi connectivity index (χ2n) is 6.31. The summed E-state index contributed by atoms with van der Waals surface area (Å²) in [5.41, 5.74) is 0.671. The average molecular weight is 340 g/mol. The molecule has 1 fully saturated rings. The number of carbonyl (C=O) groups is 3. The van der Waals surface area contributed by atoms with Crippen molar-refractivity contribution in [1.82, 2.24) is 10.6 Å². The molecule has 0 aromatic heterocycles. The zero-order valence-corrected chi connectivity index (χ0v) is 13.5. The maximum atomic E-state index is 12.0. The Balaban J connectivity index is 1.81. The van der Waals surface area contributed by atoms with Gasteiger partial charge in [-0.25, -0.2) is 4.79 Å². The highest BCUT2D eigenvalue weighted by molar-refractivity contribution is 6.32. The first-order valence-corrected chi connectivity index (χ1v) is 8.17. The van der Waals surface area contributed by atoms with Gasteiger partial charge in [0.25, 0.3) is 11.8 Å². The normalized spacial score (nSPS) is 14.9. The van der Waals surface area contributed by atoms with Crippen LogP contribution in [-0.4, -0.2) is 17.8 Å². The van der Waals surface area contributed by atoms with E-state index in [0.717, 1.165) is 37.9 Å². The Kier molecular flexibility index (Phi) is 2.88. The van der Waals surface area contributed by atoms with E-state index < -0.39 is 17.8 Å². The molecule has 0 unspecified atom stereocenters. The molecule has 1 aliphatic rings. The molecule has 124 valence electrons. The Morgan fingerprint density at radius 2 is 1.23 bits per heavy atom. The number of hydrogen-bond donors (Lipinski definition) is 2. The van der Waals surface area contributed by atoms with Crippen LogP contribution in [0.15, 0.2) is 60.2 Å². The highest BCUT2D eigenvalue weighted by Gasteiger charge is 2.27. The van der Waals surface area contributed by atoms with Gasteiger partial charge < -0.3 is 0 Å². The van der Waals surface area contributed by atoms with Crippen LogP contribution in [0.3, 0.4) is 0 Å². The fourth-order valence-electron chi connectivity index (χ4n) is 3.65. The number of amides is 4. The standard InChI is InChI=1S/C21H12N2O3/c24-19-16(20(25)23-21(26)22-19)10-14-7-6-13-5-4-11-2-1-3-12-8-9-15(14)18(13)17(11)12/h1-10H,(H2,22,23,24,25,26). The van der Waals surface area contributed by atoms with E-state index in [0.29, 0.717) is 0 Å². The predicted molar refractivity (Wildman–Crippen MR) is 99.8 cm³/mol. The van der Waals surface area contributed by atoms with Crippen LogP contribution in [0.2, 0.25) is 0 Å². The van der Waals surface area contributed by atoms with Gasteiger partial charge >= 0.3 is 6.03 Å².